The van der Waals surface area contributed by atoms with Crippen molar-refractivity contribution in [1.29, 1.82) is 0 Å². The van der Waals surface area contributed by atoms with E-state index in [1.54, 1.807) is 0 Å². The molecule has 0 aliphatic heterocycles. The largest absolute Gasteiger partial charge is 0.481 e. The highest BCUT2D eigenvalue weighted by atomic mass is 16.4. The Hall–Kier alpha value is -5.88. The van der Waals surface area contributed by atoms with Gasteiger partial charge >= 0.3 is 11.9 Å². The first-order valence-electron chi connectivity index (χ1n) is 18.2. The number of carboxylic acids is 2. The highest BCUT2D eigenvalue weighted by molar-refractivity contribution is 5.97. The van der Waals surface area contributed by atoms with Gasteiger partial charge in [0.25, 0.3) is 0 Å². The Balaban J connectivity index is 3.21. The van der Waals surface area contributed by atoms with E-state index in [1.165, 1.54) is 26.4 Å². The van der Waals surface area contributed by atoms with Crippen LogP contribution in [0.15, 0.2) is 17.5 Å². The second kappa shape index (κ2) is 25.3. The van der Waals surface area contributed by atoms with Crippen molar-refractivity contribution in [2.75, 3.05) is 13.1 Å². The van der Waals surface area contributed by atoms with Crippen molar-refractivity contribution in [3.05, 3.63) is 18.2 Å². The van der Waals surface area contributed by atoms with E-state index < -0.39 is 109 Å². The molecule has 0 fully saturated rings. The molecule has 6 amide bonds. The third-order valence-corrected chi connectivity index (χ3v) is 8.26. The average molecular weight is 812 g/mol. The zero-order valence-electron chi connectivity index (χ0n) is 32.2. The minimum absolute atomic E-state index is 0.0167. The van der Waals surface area contributed by atoms with Crippen LogP contribution in [0.2, 0.25) is 0 Å². The van der Waals surface area contributed by atoms with Crippen molar-refractivity contribution < 1.29 is 53.7 Å². The molecular formula is C33H57N13O11. The van der Waals surface area contributed by atoms with E-state index in [0.717, 1.165) is 6.92 Å². The summed E-state index contributed by atoms with van der Waals surface area (Å²) in [5.41, 5.74) is 22.2. The van der Waals surface area contributed by atoms with Crippen LogP contribution in [0, 0.1) is 0 Å². The van der Waals surface area contributed by atoms with Gasteiger partial charge < -0.3 is 75.1 Å². The first kappa shape index (κ1) is 49.1. The zero-order chi connectivity index (χ0) is 43.2. The maximum absolute atomic E-state index is 13.6. The van der Waals surface area contributed by atoms with Gasteiger partial charge in [0, 0.05) is 31.3 Å². The molecule has 24 heteroatoms. The quantitative estimate of drug-likeness (QED) is 0.0224. The second-order valence-electron chi connectivity index (χ2n) is 13.3. The third-order valence-electron chi connectivity index (χ3n) is 8.26. The fourth-order valence-corrected chi connectivity index (χ4v) is 5.06. The Morgan fingerprint density at radius 3 is 1.79 bits per heavy atom. The average Bonchev–Trinajstić information content (AvgIpc) is 3.65. The number of rotatable bonds is 27. The minimum Gasteiger partial charge on any atom is -0.481 e. The summed E-state index contributed by atoms with van der Waals surface area (Å²) in [6, 6.07) is -9.61. The summed E-state index contributed by atoms with van der Waals surface area (Å²) in [7, 11) is 0. The van der Waals surface area contributed by atoms with E-state index in [9.17, 15) is 53.7 Å². The Labute approximate surface area is 328 Å². The molecule has 0 aliphatic carbocycles. The zero-order valence-corrected chi connectivity index (χ0v) is 32.2. The summed E-state index contributed by atoms with van der Waals surface area (Å²) in [6.45, 7) is 4.21. The van der Waals surface area contributed by atoms with Gasteiger partial charge in [0.1, 0.15) is 36.3 Å². The van der Waals surface area contributed by atoms with Gasteiger partial charge in [0.15, 0.2) is 5.96 Å². The number of amides is 6. The van der Waals surface area contributed by atoms with E-state index in [4.69, 9.17) is 22.9 Å². The molecule has 0 unspecified atom stereocenters. The van der Waals surface area contributed by atoms with Gasteiger partial charge in [-0.1, -0.05) is 0 Å². The van der Waals surface area contributed by atoms with Crippen LogP contribution in [-0.4, -0.2) is 140 Å². The highest BCUT2D eigenvalue weighted by Gasteiger charge is 2.34. The molecule has 0 aliphatic rings. The van der Waals surface area contributed by atoms with E-state index in [2.05, 4.69) is 46.9 Å². The number of carbonyl (C=O) groups is 8. The van der Waals surface area contributed by atoms with Crippen LogP contribution < -0.4 is 54.8 Å². The smallest absolute Gasteiger partial charge is 0.326 e. The number of aliphatic carboxylic acids is 2. The molecule has 0 spiro atoms. The van der Waals surface area contributed by atoms with Crippen molar-refractivity contribution in [2.45, 2.75) is 121 Å². The number of guanidine groups is 1. The molecule has 0 saturated heterocycles. The molecule has 8 atom stereocenters. The molecule has 320 valence electrons. The van der Waals surface area contributed by atoms with E-state index >= 15 is 0 Å². The lowest BCUT2D eigenvalue weighted by Crippen LogP contribution is -2.61. The minimum atomic E-state index is -1.74. The lowest BCUT2D eigenvalue weighted by molar-refractivity contribution is -0.142. The maximum Gasteiger partial charge on any atom is 0.326 e. The molecule has 1 aromatic rings. The van der Waals surface area contributed by atoms with Gasteiger partial charge in [-0.25, -0.2) is 9.78 Å². The van der Waals surface area contributed by atoms with Crippen LogP contribution in [0.5, 0.6) is 0 Å². The molecule has 24 nitrogen and oxygen atoms in total. The number of unbranched alkanes of at least 4 members (excludes halogenated alkanes) is 1. The number of carbonyl (C=O) groups excluding carboxylic acids is 6. The van der Waals surface area contributed by atoms with Gasteiger partial charge in [-0.2, -0.15) is 0 Å². The summed E-state index contributed by atoms with van der Waals surface area (Å²) in [5.74, 6) is -8.41. The molecule has 1 aromatic heterocycles. The first-order chi connectivity index (χ1) is 26.8. The van der Waals surface area contributed by atoms with Gasteiger partial charge in [0.2, 0.25) is 35.4 Å². The number of nitrogens with one attached hydrogen (secondary N) is 7. The molecular weight excluding hydrogens is 754 g/mol. The number of hydrogen-bond acceptors (Lipinski definition) is 13. The predicted octanol–water partition coefficient (Wildman–Crippen LogP) is -5.26. The summed E-state index contributed by atoms with van der Waals surface area (Å²) in [4.78, 5) is 113. The van der Waals surface area contributed by atoms with Crippen molar-refractivity contribution in [3.63, 3.8) is 0 Å². The van der Waals surface area contributed by atoms with Crippen LogP contribution in [-0.2, 0) is 44.8 Å². The maximum atomic E-state index is 13.6. The van der Waals surface area contributed by atoms with Crippen molar-refractivity contribution in [1.82, 2.24) is 41.9 Å². The fraction of sp³-hybridized carbons (Fsp3) is 0.636. The number of aliphatic hydroxyl groups excluding tert-OH is 1. The normalized spacial score (nSPS) is 15.1. The first-order valence-corrected chi connectivity index (χ1v) is 18.2. The van der Waals surface area contributed by atoms with Crippen molar-refractivity contribution in [2.24, 2.45) is 27.9 Å². The molecule has 0 bridgehead atoms. The standard InChI is InChI=1S/C33H57N13O11/c1-16(35)26(50)42-20(7-4-5-11-34)28(52)41-17(2)27(51)46-25(18(3)47)31(55)44-22(9-10-24(48)49)30(54)43-21(8-6-12-39-33(36)37)29(53)45-23(32(56)57)13-19-14-38-15-40-19/h14-18,20-23,25,47H,4-13,34-35H2,1-3H3,(H,38,40)(H,41,52)(H,42,50)(H,43,54)(H,44,55)(H,45,53)(H,46,51)(H,48,49)(H,56,57)(H4,36,37,39)/t16-,17-,18+,20-,21-,22-,23-,25-/m0/s1. The van der Waals surface area contributed by atoms with Crippen LogP contribution in [0.1, 0.15) is 71.4 Å². The number of nitrogens with two attached hydrogens (primary N) is 4. The Morgan fingerprint density at radius 2 is 1.28 bits per heavy atom. The number of imidazole rings is 1. The molecule has 57 heavy (non-hydrogen) atoms. The molecule has 0 saturated carbocycles. The van der Waals surface area contributed by atoms with Crippen LogP contribution >= 0.6 is 0 Å². The summed E-state index contributed by atoms with van der Waals surface area (Å²) in [5, 5.41) is 43.8. The number of hydrogen-bond donors (Lipinski definition) is 14. The number of H-pyrrole nitrogens is 1. The van der Waals surface area contributed by atoms with E-state index in [1.807, 2.05) is 0 Å². The van der Waals surface area contributed by atoms with Gasteiger partial charge in [0.05, 0.1) is 18.5 Å². The predicted molar refractivity (Wildman–Crippen MR) is 202 cm³/mol. The fourth-order valence-electron chi connectivity index (χ4n) is 5.06. The molecule has 1 rings (SSSR count). The summed E-state index contributed by atoms with van der Waals surface area (Å²) < 4.78 is 0. The van der Waals surface area contributed by atoms with Crippen LogP contribution in [0.25, 0.3) is 0 Å². The lowest BCUT2D eigenvalue weighted by atomic mass is 10.0. The Kier molecular flexibility index (Phi) is 21.8. The van der Waals surface area contributed by atoms with Gasteiger partial charge in [-0.3, -0.25) is 38.6 Å². The number of aromatic amines is 1. The number of aliphatic imine (C=N–C) groups is 1. The monoisotopic (exact) mass is 811 g/mol. The van der Waals surface area contributed by atoms with Crippen molar-refractivity contribution in [3.8, 4) is 0 Å². The lowest BCUT2D eigenvalue weighted by Gasteiger charge is -2.27. The SMILES string of the molecule is C[C@H](N)C(=O)N[C@@H](CCCCN)C(=O)N[C@@H](C)C(=O)N[C@H](C(=O)N[C@@H](CCC(=O)O)C(=O)N[C@@H](CCCN=C(N)N)C(=O)N[C@@H](Cc1cnc[nH]1)C(=O)O)[C@@H](C)O. The summed E-state index contributed by atoms with van der Waals surface area (Å²) >= 11 is 0. The number of aliphatic hydroxyl groups is 1. The Morgan fingerprint density at radius 1 is 0.737 bits per heavy atom. The molecule has 18 N–H and O–H groups in total. The van der Waals surface area contributed by atoms with Crippen LogP contribution in [0.3, 0.4) is 0 Å². The van der Waals surface area contributed by atoms with Gasteiger partial charge in [-0.15, -0.1) is 0 Å². The van der Waals surface area contributed by atoms with Gasteiger partial charge in [-0.05, 0) is 65.8 Å². The topological polar surface area (TPSA) is 415 Å². The summed E-state index contributed by atoms with van der Waals surface area (Å²) in [6.07, 6.45) is 0.898. The van der Waals surface area contributed by atoms with E-state index in [0.29, 0.717) is 25.1 Å². The highest BCUT2D eigenvalue weighted by Crippen LogP contribution is 2.08. The molecule has 0 aromatic carbocycles. The van der Waals surface area contributed by atoms with E-state index in [-0.39, 0.29) is 38.2 Å². The number of aromatic nitrogens is 2. The number of nitrogens with zero attached hydrogens (tertiary/aromatic N) is 2. The number of carboxylic acid groups (broad SMARTS) is 2. The Bertz CT molecular complexity index is 1530. The third kappa shape index (κ3) is 19.0. The molecule has 0 radical (unpaired) electrons. The second-order valence-corrected chi connectivity index (χ2v) is 13.3. The molecule has 1 heterocycles. The van der Waals surface area contributed by atoms with Crippen LogP contribution in [0.4, 0.5) is 0 Å². The van der Waals surface area contributed by atoms with Crippen molar-refractivity contribution >= 4 is 53.3 Å².